The molecule has 4 saturated carbocycles. The largest absolute Gasteiger partial charge is 0.442 e. The van der Waals surface area contributed by atoms with Crippen molar-refractivity contribution in [3.63, 3.8) is 0 Å². The van der Waals surface area contributed by atoms with Crippen LogP contribution >= 0.6 is 0 Å². The first kappa shape index (κ1) is 15.0. The highest BCUT2D eigenvalue weighted by Gasteiger charge is 2.54. The Morgan fingerprint density at radius 1 is 1.16 bits per heavy atom. The van der Waals surface area contributed by atoms with Crippen LogP contribution in [0.3, 0.4) is 0 Å². The Balaban J connectivity index is 1.46. The zero-order valence-electron chi connectivity index (χ0n) is 14.1. The average Bonchev–Trinajstić information content (AvgIpc) is 2.95. The Morgan fingerprint density at radius 3 is 2.44 bits per heavy atom. The average molecular weight is 339 g/mol. The number of hydrogen-bond donors (Lipinski definition) is 0. The maximum absolute atomic E-state index is 13.3. The Labute approximate surface area is 145 Å². The van der Waals surface area contributed by atoms with Crippen molar-refractivity contribution in [2.75, 3.05) is 0 Å². The number of ketones is 1. The van der Waals surface area contributed by atoms with Gasteiger partial charge in [-0.2, -0.15) is 0 Å². The number of nitrogens with zero attached hydrogens (tertiary/aromatic N) is 3. The van der Waals surface area contributed by atoms with Crippen LogP contribution in [-0.4, -0.2) is 20.5 Å². The van der Waals surface area contributed by atoms with Crippen molar-refractivity contribution in [1.29, 1.82) is 0 Å². The highest BCUT2D eigenvalue weighted by atomic mass is 16.5. The Hall–Kier alpha value is -2.24. The van der Waals surface area contributed by atoms with Gasteiger partial charge in [0, 0.05) is 11.6 Å². The lowest BCUT2D eigenvalue weighted by Crippen LogP contribution is -2.51. The highest BCUT2D eigenvalue weighted by molar-refractivity contribution is 5.85. The molecule has 2 heterocycles. The normalized spacial score (nSPS) is 32.9. The van der Waals surface area contributed by atoms with E-state index >= 15 is 0 Å². The predicted octanol–water partition coefficient (Wildman–Crippen LogP) is 2.68. The molecule has 130 valence electrons. The summed E-state index contributed by atoms with van der Waals surface area (Å²) in [6, 6.07) is 5.39. The molecule has 4 fully saturated rings. The third-order valence-corrected chi connectivity index (χ3v) is 6.51. The molecule has 6 nitrogen and oxygen atoms in total. The third kappa shape index (κ3) is 2.38. The molecule has 6 rings (SSSR count). The number of carbonyl (C=O) groups excluding carboxylic acids is 1. The van der Waals surface area contributed by atoms with E-state index in [9.17, 15) is 9.59 Å². The second-order valence-corrected chi connectivity index (χ2v) is 8.19. The maximum atomic E-state index is 13.3. The van der Waals surface area contributed by atoms with Gasteiger partial charge in [-0.05, 0) is 68.4 Å². The molecule has 0 atom stereocenters. The Bertz CT molecular complexity index is 832. The molecule has 0 unspecified atom stereocenters. The van der Waals surface area contributed by atoms with Gasteiger partial charge in [0.1, 0.15) is 5.69 Å². The van der Waals surface area contributed by atoms with E-state index in [1.807, 2.05) is 6.07 Å². The third-order valence-electron chi connectivity index (χ3n) is 6.51. The van der Waals surface area contributed by atoms with Crippen LogP contribution in [0.4, 0.5) is 0 Å². The van der Waals surface area contributed by atoms with E-state index in [-0.39, 0.29) is 17.7 Å². The van der Waals surface area contributed by atoms with Crippen molar-refractivity contribution >= 4 is 5.78 Å². The van der Waals surface area contributed by atoms with Gasteiger partial charge in [-0.15, -0.1) is 0 Å². The highest BCUT2D eigenvalue weighted by Crippen LogP contribution is 2.60. The molecule has 0 spiro atoms. The fourth-order valence-electron chi connectivity index (χ4n) is 5.85. The lowest BCUT2D eigenvalue weighted by molar-refractivity contribution is -0.144. The summed E-state index contributed by atoms with van der Waals surface area (Å²) in [7, 11) is 0. The molecule has 0 aromatic carbocycles. The first-order valence-electron chi connectivity index (χ1n) is 9.14. The van der Waals surface area contributed by atoms with Crippen molar-refractivity contribution in [3.8, 4) is 11.5 Å². The second kappa shape index (κ2) is 5.38. The number of hydrogen-bond acceptors (Lipinski definition) is 5. The summed E-state index contributed by atoms with van der Waals surface area (Å²) in [5.74, 6) is 2.02. The monoisotopic (exact) mass is 339 g/mol. The summed E-state index contributed by atoms with van der Waals surface area (Å²) in [5, 5.41) is 3.85. The number of rotatable bonds is 4. The van der Waals surface area contributed by atoms with Crippen molar-refractivity contribution in [2.45, 2.75) is 45.1 Å². The van der Waals surface area contributed by atoms with Gasteiger partial charge in [0.2, 0.25) is 5.82 Å². The quantitative estimate of drug-likeness (QED) is 0.856. The van der Waals surface area contributed by atoms with Crippen LogP contribution in [0, 0.1) is 23.2 Å². The van der Waals surface area contributed by atoms with Crippen LogP contribution in [0.5, 0.6) is 0 Å². The summed E-state index contributed by atoms with van der Waals surface area (Å²) in [5.41, 5.74) is 0.319. The zero-order valence-corrected chi connectivity index (χ0v) is 14.1. The van der Waals surface area contributed by atoms with E-state index in [1.165, 1.54) is 23.8 Å². The van der Waals surface area contributed by atoms with Gasteiger partial charge >= 0.3 is 5.76 Å². The van der Waals surface area contributed by atoms with E-state index in [2.05, 4.69) is 10.1 Å². The lowest BCUT2D eigenvalue weighted by atomic mass is 9.48. The molecule has 0 N–H and O–H groups in total. The van der Waals surface area contributed by atoms with Gasteiger partial charge in [-0.1, -0.05) is 11.2 Å². The van der Waals surface area contributed by atoms with Crippen LogP contribution < -0.4 is 5.76 Å². The summed E-state index contributed by atoms with van der Waals surface area (Å²) in [6.45, 7) is 0.0421. The lowest BCUT2D eigenvalue weighted by Gasteiger charge is -2.55. The van der Waals surface area contributed by atoms with Crippen LogP contribution in [0.2, 0.25) is 0 Å². The zero-order chi connectivity index (χ0) is 17.0. The Kier molecular flexibility index (Phi) is 3.24. The molecular weight excluding hydrogens is 318 g/mol. The standard InChI is InChI=1S/C19H21N3O3/c23-16(19-8-12-5-13(9-19)7-14(6-12)10-19)11-22-17(21-25-18(22)24)15-3-1-2-4-20-15/h1-4,12-14H,5-11H2. The summed E-state index contributed by atoms with van der Waals surface area (Å²) >= 11 is 0. The van der Waals surface area contributed by atoms with Crippen LogP contribution in [-0.2, 0) is 11.3 Å². The molecule has 2 aromatic rings. The molecule has 4 bridgehead atoms. The second-order valence-electron chi connectivity index (χ2n) is 8.19. The van der Waals surface area contributed by atoms with E-state index in [4.69, 9.17) is 4.52 Å². The van der Waals surface area contributed by atoms with E-state index in [1.54, 1.807) is 18.3 Å². The molecule has 0 amide bonds. The number of Topliss-reactive ketones (excluding diaryl/α,β-unsaturated/α-hetero) is 1. The van der Waals surface area contributed by atoms with Crippen LogP contribution in [0.25, 0.3) is 11.5 Å². The molecule has 4 aliphatic carbocycles. The molecule has 0 saturated heterocycles. The first-order chi connectivity index (χ1) is 12.1. The fourth-order valence-corrected chi connectivity index (χ4v) is 5.85. The summed E-state index contributed by atoms with van der Waals surface area (Å²) < 4.78 is 6.19. The topological polar surface area (TPSA) is 78.0 Å². The summed E-state index contributed by atoms with van der Waals surface area (Å²) in [4.78, 5) is 29.6. The minimum atomic E-state index is -0.585. The minimum Gasteiger partial charge on any atom is -0.297 e. The molecule has 6 heteroatoms. The van der Waals surface area contributed by atoms with Gasteiger partial charge in [0.05, 0.1) is 6.54 Å². The SMILES string of the molecule is O=C(Cn1c(-c2ccccn2)noc1=O)C12CC3CC(CC(C3)C1)C2. The molecule has 0 aliphatic heterocycles. The number of pyridine rings is 1. The van der Waals surface area contributed by atoms with Gasteiger partial charge < -0.3 is 0 Å². The fraction of sp³-hybridized carbons (Fsp3) is 0.579. The van der Waals surface area contributed by atoms with E-state index in [0.29, 0.717) is 29.3 Å². The maximum Gasteiger partial charge on any atom is 0.442 e. The smallest absolute Gasteiger partial charge is 0.297 e. The Morgan fingerprint density at radius 2 is 1.84 bits per heavy atom. The van der Waals surface area contributed by atoms with Gasteiger partial charge in [0.15, 0.2) is 5.78 Å². The van der Waals surface area contributed by atoms with Crippen molar-refractivity contribution in [3.05, 3.63) is 34.9 Å². The van der Waals surface area contributed by atoms with Gasteiger partial charge in [0.25, 0.3) is 0 Å². The first-order valence-corrected chi connectivity index (χ1v) is 9.14. The van der Waals surface area contributed by atoms with Crippen molar-refractivity contribution in [1.82, 2.24) is 14.7 Å². The van der Waals surface area contributed by atoms with Gasteiger partial charge in [-0.3, -0.25) is 14.3 Å². The molecule has 2 aromatic heterocycles. The van der Waals surface area contributed by atoms with Crippen LogP contribution in [0.15, 0.2) is 33.7 Å². The number of aromatic nitrogens is 3. The van der Waals surface area contributed by atoms with E-state index in [0.717, 1.165) is 19.3 Å². The molecule has 25 heavy (non-hydrogen) atoms. The van der Waals surface area contributed by atoms with Crippen molar-refractivity contribution < 1.29 is 9.32 Å². The van der Waals surface area contributed by atoms with Crippen molar-refractivity contribution in [2.24, 2.45) is 23.2 Å². The van der Waals surface area contributed by atoms with Gasteiger partial charge in [-0.25, -0.2) is 9.36 Å². The molecule has 4 aliphatic rings. The molecule has 0 radical (unpaired) electrons. The van der Waals surface area contributed by atoms with E-state index < -0.39 is 5.76 Å². The molecular formula is C19H21N3O3. The van der Waals surface area contributed by atoms with Crippen LogP contribution in [0.1, 0.15) is 38.5 Å². The minimum absolute atomic E-state index is 0.0421. The predicted molar refractivity (Wildman–Crippen MR) is 89.6 cm³/mol. The number of carbonyl (C=O) groups is 1. The summed E-state index contributed by atoms with van der Waals surface area (Å²) in [6.07, 6.45) is 8.50.